The monoisotopic (exact) mass is 294 g/mol. The van der Waals surface area contributed by atoms with E-state index in [0.717, 1.165) is 12.7 Å². The zero-order valence-corrected chi connectivity index (χ0v) is 9.37. The third-order valence-corrected chi connectivity index (χ3v) is 2.23. The van der Waals surface area contributed by atoms with Gasteiger partial charge in [0, 0.05) is 11.8 Å². The highest BCUT2D eigenvalue weighted by molar-refractivity contribution is 5.59. The molecule has 0 bridgehead atoms. The fourth-order valence-corrected chi connectivity index (χ4v) is 1.40. The normalized spacial score (nSPS) is 12.5. The minimum absolute atomic E-state index is 0.0703. The van der Waals surface area contributed by atoms with E-state index in [0.29, 0.717) is 6.20 Å². The lowest BCUT2D eigenvalue weighted by atomic mass is 10.1. The average molecular weight is 294 g/mol. The van der Waals surface area contributed by atoms with Gasteiger partial charge in [-0.15, -0.1) is 0 Å². The van der Waals surface area contributed by atoms with Gasteiger partial charge in [-0.25, -0.2) is 15.0 Å². The first-order valence-electron chi connectivity index (χ1n) is 4.96. The van der Waals surface area contributed by atoms with Gasteiger partial charge in [0.1, 0.15) is 18.3 Å². The molecule has 2 rings (SSSR count). The van der Waals surface area contributed by atoms with Crippen LogP contribution in [-0.2, 0) is 12.4 Å². The summed E-state index contributed by atoms with van der Waals surface area (Å²) in [6.07, 6.45) is -7.66. The molecule has 0 spiro atoms. The third kappa shape index (κ3) is 2.83. The second kappa shape index (κ2) is 4.69. The molecule has 2 aromatic heterocycles. The van der Waals surface area contributed by atoms with Crippen molar-refractivity contribution in [3.05, 3.63) is 36.2 Å². The lowest BCUT2D eigenvalue weighted by Gasteiger charge is -2.14. The summed E-state index contributed by atoms with van der Waals surface area (Å²) < 4.78 is 75.8. The zero-order valence-electron chi connectivity index (χ0n) is 9.37. The molecule has 0 aliphatic rings. The Hall–Kier alpha value is -2.26. The summed E-state index contributed by atoms with van der Waals surface area (Å²) in [6, 6.07) is -0.0703. The van der Waals surface area contributed by atoms with Crippen LogP contribution in [0.2, 0.25) is 0 Å². The summed E-state index contributed by atoms with van der Waals surface area (Å²) in [4.78, 5) is 13.3. The maximum absolute atomic E-state index is 12.8. The summed E-state index contributed by atoms with van der Waals surface area (Å²) >= 11 is 0. The fourth-order valence-electron chi connectivity index (χ4n) is 1.40. The first kappa shape index (κ1) is 14.2. The number of pyridine rings is 1. The number of hydrogen-bond donors (Lipinski definition) is 0. The Morgan fingerprint density at radius 2 is 1.40 bits per heavy atom. The lowest BCUT2D eigenvalue weighted by Crippen LogP contribution is -2.14. The van der Waals surface area contributed by atoms with Gasteiger partial charge in [-0.05, 0) is 6.07 Å². The van der Waals surface area contributed by atoms with E-state index in [1.807, 2.05) is 0 Å². The van der Waals surface area contributed by atoms with Crippen molar-refractivity contribution in [1.82, 2.24) is 19.9 Å². The molecule has 106 valence electrons. The lowest BCUT2D eigenvalue weighted by molar-refractivity contribution is -0.145. The van der Waals surface area contributed by atoms with E-state index in [9.17, 15) is 26.3 Å². The molecule has 0 aromatic carbocycles. The molecule has 0 saturated carbocycles. The Balaban J connectivity index is 2.65. The molecule has 2 aromatic rings. The molecule has 20 heavy (non-hydrogen) atoms. The Bertz CT molecular complexity index is 607. The third-order valence-electron chi connectivity index (χ3n) is 2.23. The predicted molar refractivity (Wildman–Crippen MR) is 53.1 cm³/mol. The maximum atomic E-state index is 12.8. The standard InChI is InChI=1S/C10H4F6N4/c11-9(12,13)6-1-7(10(14,15)16)18-2-5(6)8-19-3-17-4-20-8/h1-4H. The summed E-state index contributed by atoms with van der Waals surface area (Å²) in [6.45, 7) is 0. The van der Waals surface area contributed by atoms with Crippen molar-refractivity contribution in [3.63, 3.8) is 0 Å². The van der Waals surface area contributed by atoms with Crippen molar-refractivity contribution in [2.75, 3.05) is 0 Å². The van der Waals surface area contributed by atoms with E-state index in [-0.39, 0.29) is 6.07 Å². The highest BCUT2D eigenvalue weighted by Gasteiger charge is 2.39. The van der Waals surface area contributed by atoms with Crippen molar-refractivity contribution in [3.8, 4) is 11.4 Å². The molecule has 10 heteroatoms. The Kier molecular flexibility index (Phi) is 3.32. The van der Waals surface area contributed by atoms with Crippen molar-refractivity contribution in [2.45, 2.75) is 12.4 Å². The van der Waals surface area contributed by atoms with Crippen LogP contribution in [0, 0.1) is 0 Å². The van der Waals surface area contributed by atoms with Gasteiger partial charge in [0.15, 0.2) is 5.82 Å². The molecule has 0 amide bonds. The van der Waals surface area contributed by atoms with Crippen LogP contribution in [0.1, 0.15) is 11.3 Å². The molecule has 0 saturated heterocycles. The van der Waals surface area contributed by atoms with Crippen LogP contribution >= 0.6 is 0 Å². The second-order valence-corrected chi connectivity index (χ2v) is 3.57. The van der Waals surface area contributed by atoms with Crippen molar-refractivity contribution >= 4 is 0 Å². The average Bonchev–Trinajstić information content (AvgIpc) is 2.37. The minimum atomic E-state index is -5.00. The van der Waals surface area contributed by atoms with E-state index in [4.69, 9.17) is 0 Å². The number of halogens is 6. The smallest absolute Gasteiger partial charge is 0.251 e. The molecule has 0 atom stereocenters. The van der Waals surface area contributed by atoms with Crippen LogP contribution in [0.5, 0.6) is 0 Å². The van der Waals surface area contributed by atoms with Crippen LogP contribution in [0.4, 0.5) is 26.3 Å². The van der Waals surface area contributed by atoms with Gasteiger partial charge >= 0.3 is 12.4 Å². The van der Waals surface area contributed by atoms with Gasteiger partial charge in [0.2, 0.25) is 0 Å². The molecule has 4 nitrogen and oxygen atoms in total. The predicted octanol–water partition coefficient (Wildman–Crippen LogP) is 2.97. The molecule has 0 aliphatic heterocycles. The number of rotatable bonds is 1. The first-order valence-corrected chi connectivity index (χ1v) is 4.96. The summed E-state index contributed by atoms with van der Waals surface area (Å²) in [5.74, 6) is -0.409. The van der Waals surface area contributed by atoms with Gasteiger partial charge < -0.3 is 0 Å². The SMILES string of the molecule is FC(F)(F)c1cc(C(F)(F)F)c(-c2ncncn2)cn1. The molecule has 0 aliphatic carbocycles. The highest BCUT2D eigenvalue weighted by Crippen LogP contribution is 2.38. The van der Waals surface area contributed by atoms with E-state index in [1.54, 1.807) is 0 Å². The molecule has 0 radical (unpaired) electrons. The van der Waals surface area contributed by atoms with Crippen LogP contribution in [0.3, 0.4) is 0 Å². The van der Waals surface area contributed by atoms with Gasteiger partial charge in [0.05, 0.1) is 5.56 Å². The topological polar surface area (TPSA) is 51.6 Å². The van der Waals surface area contributed by atoms with Gasteiger partial charge in [0.25, 0.3) is 0 Å². The highest BCUT2D eigenvalue weighted by atomic mass is 19.4. The molecule has 0 N–H and O–H groups in total. The van der Waals surface area contributed by atoms with Crippen LogP contribution in [0.25, 0.3) is 11.4 Å². The number of alkyl halides is 6. The van der Waals surface area contributed by atoms with Crippen LogP contribution < -0.4 is 0 Å². The second-order valence-electron chi connectivity index (χ2n) is 3.57. The van der Waals surface area contributed by atoms with Crippen molar-refractivity contribution < 1.29 is 26.3 Å². The Labute approximate surface area is 107 Å². The van der Waals surface area contributed by atoms with Gasteiger partial charge in [-0.2, -0.15) is 26.3 Å². The summed E-state index contributed by atoms with van der Waals surface area (Å²) in [5.41, 5.74) is -3.79. The van der Waals surface area contributed by atoms with E-state index in [1.165, 1.54) is 0 Å². The van der Waals surface area contributed by atoms with Crippen LogP contribution in [0.15, 0.2) is 24.9 Å². The largest absolute Gasteiger partial charge is 0.433 e. The fraction of sp³-hybridized carbons (Fsp3) is 0.200. The Morgan fingerprint density at radius 1 is 0.800 bits per heavy atom. The number of nitrogens with zero attached hydrogens (tertiary/aromatic N) is 4. The van der Waals surface area contributed by atoms with E-state index >= 15 is 0 Å². The number of hydrogen-bond acceptors (Lipinski definition) is 4. The molecule has 2 heterocycles. The summed E-state index contributed by atoms with van der Waals surface area (Å²) in [7, 11) is 0. The van der Waals surface area contributed by atoms with E-state index in [2.05, 4.69) is 19.9 Å². The first-order chi connectivity index (χ1) is 9.19. The van der Waals surface area contributed by atoms with Crippen molar-refractivity contribution in [2.24, 2.45) is 0 Å². The van der Waals surface area contributed by atoms with Gasteiger partial charge in [-0.1, -0.05) is 0 Å². The molecule has 0 fully saturated rings. The van der Waals surface area contributed by atoms with Gasteiger partial charge in [-0.3, -0.25) is 4.98 Å². The molecular formula is C10H4F6N4. The van der Waals surface area contributed by atoms with Crippen LogP contribution in [-0.4, -0.2) is 19.9 Å². The molecule has 0 unspecified atom stereocenters. The number of aromatic nitrogens is 4. The zero-order chi connectivity index (χ0) is 15.0. The quantitative estimate of drug-likeness (QED) is 0.759. The maximum Gasteiger partial charge on any atom is 0.433 e. The molecular weight excluding hydrogens is 290 g/mol. The van der Waals surface area contributed by atoms with E-state index < -0.39 is 35.0 Å². The Morgan fingerprint density at radius 3 is 1.90 bits per heavy atom. The van der Waals surface area contributed by atoms with Crippen molar-refractivity contribution in [1.29, 1.82) is 0 Å². The minimum Gasteiger partial charge on any atom is -0.251 e. The summed E-state index contributed by atoms with van der Waals surface area (Å²) in [5, 5.41) is 0.